The highest BCUT2D eigenvalue weighted by Gasteiger charge is 2.56. The fourth-order valence-corrected chi connectivity index (χ4v) is 7.10. The van der Waals surface area contributed by atoms with Crippen molar-refractivity contribution in [1.82, 2.24) is 9.78 Å². The Morgan fingerprint density at radius 2 is 1.94 bits per heavy atom. The average molecular weight is 453 g/mol. The van der Waals surface area contributed by atoms with Gasteiger partial charge in [-0.1, -0.05) is 43.3 Å². The lowest BCUT2D eigenvalue weighted by Crippen LogP contribution is -2.42. The number of carbonyl (C=O) groups excluding carboxylic acids is 1. The first-order chi connectivity index (χ1) is 16.5. The summed E-state index contributed by atoms with van der Waals surface area (Å²) in [6, 6.07) is 19.0. The molecule has 3 aliphatic rings. The number of hydrogen-bond donors (Lipinski definition) is 0. The van der Waals surface area contributed by atoms with Gasteiger partial charge < -0.3 is 4.74 Å². The van der Waals surface area contributed by atoms with Gasteiger partial charge in [0, 0.05) is 12.5 Å². The first-order valence-electron chi connectivity index (χ1n) is 12.5. The number of carbonyl (C=O) groups is 1. The predicted octanol–water partition coefficient (Wildman–Crippen LogP) is 6.21. The fraction of sp³-hybridized carbons (Fsp3) is 0.400. The molecule has 4 nitrogen and oxygen atoms in total. The molecular formula is C30H32N2O2. The molecule has 2 saturated carbocycles. The Labute approximate surface area is 201 Å². The van der Waals surface area contributed by atoms with Crippen LogP contribution >= 0.6 is 0 Å². The zero-order chi connectivity index (χ0) is 23.4. The summed E-state index contributed by atoms with van der Waals surface area (Å²) in [6.07, 6.45) is 7.24. The van der Waals surface area contributed by atoms with Crippen LogP contribution in [0.3, 0.4) is 0 Å². The number of aryl methyl sites for hydroxylation is 2. The number of nitrogens with zero attached hydrogens (tertiary/aromatic N) is 2. The Bertz CT molecular complexity index is 1290. The van der Waals surface area contributed by atoms with Crippen molar-refractivity contribution in [2.75, 3.05) is 7.11 Å². The van der Waals surface area contributed by atoms with Crippen LogP contribution in [-0.4, -0.2) is 22.7 Å². The third-order valence-electron chi connectivity index (χ3n) is 8.86. The second kappa shape index (κ2) is 7.97. The van der Waals surface area contributed by atoms with Gasteiger partial charge in [-0.05, 0) is 96.4 Å². The molecule has 174 valence electrons. The molecule has 0 bridgehead atoms. The van der Waals surface area contributed by atoms with Crippen molar-refractivity contribution in [2.24, 2.45) is 24.3 Å². The van der Waals surface area contributed by atoms with Crippen molar-refractivity contribution in [3.8, 4) is 17.0 Å². The number of benzene rings is 2. The summed E-state index contributed by atoms with van der Waals surface area (Å²) in [5.41, 5.74) is 6.73. The Morgan fingerprint density at radius 3 is 2.74 bits per heavy atom. The Balaban J connectivity index is 1.31. The van der Waals surface area contributed by atoms with Gasteiger partial charge in [-0.3, -0.25) is 9.48 Å². The van der Waals surface area contributed by atoms with E-state index < -0.39 is 0 Å². The maximum atomic E-state index is 13.7. The first-order valence-corrected chi connectivity index (χ1v) is 12.5. The molecule has 1 aromatic heterocycles. The summed E-state index contributed by atoms with van der Waals surface area (Å²) < 4.78 is 7.38. The van der Waals surface area contributed by atoms with Gasteiger partial charge in [0.05, 0.1) is 18.5 Å². The van der Waals surface area contributed by atoms with Crippen LogP contribution in [0, 0.1) is 17.3 Å². The summed E-state index contributed by atoms with van der Waals surface area (Å²) >= 11 is 0. The molecule has 34 heavy (non-hydrogen) atoms. The fourth-order valence-electron chi connectivity index (χ4n) is 7.10. The van der Waals surface area contributed by atoms with E-state index in [1.807, 2.05) is 29.9 Å². The van der Waals surface area contributed by atoms with E-state index in [9.17, 15) is 4.79 Å². The minimum absolute atomic E-state index is 0.242. The number of fused-ring (bicyclic) bond motifs is 5. The minimum Gasteiger partial charge on any atom is -0.497 e. The third kappa shape index (κ3) is 3.26. The van der Waals surface area contributed by atoms with Crippen LogP contribution in [0.1, 0.15) is 55.3 Å². The minimum atomic E-state index is -0.242. The number of ketones is 1. The maximum absolute atomic E-state index is 13.7. The summed E-state index contributed by atoms with van der Waals surface area (Å²) in [5, 5.41) is 4.73. The molecule has 6 rings (SSSR count). The highest BCUT2D eigenvalue weighted by molar-refractivity contribution is 6.05. The largest absolute Gasteiger partial charge is 0.497 e. The number of rotatable bonds is 3. The van der Waals surface area contributed by atoms with Crippen LogP contribution in [-0.2, 0) is 18.3 Å². The van der Waals surface area contributed by atoms with E-state index in [0.29, 0.717) is 23.5 Å². The van der Waals surface area contributed by atoms with Crippen molar-refractivity contribution < 1.29 is 9.53 Å². The molecule has 2 aromatic carbocycles. The molecule has 1 heterocycles. The van der Waals surface area contributed by atoms with E-state index in [1.54, 1.807) is 7.11 Å². The van der Waals surface area contributed by atoms with Crippen molar-refractivity contribution in [3.05, 3.63) is 77.0 Å². The average Bonchev–Trinajstić information content (AvgIpc) is 3.35. The molecular weight excluding hydrogens is 420 g/mol. The first kappa shape index (κ1) is 21.4. The highest BCUT2D eigenvalue weighted by atomic mass is 16.5. The smallest absolute Gasteiger partial charge is 0.165 e. The SMILES string of the molecule is COc1ccc2c(c1)CC[C@@H]1[C@@H]2CC[C@]2(C)C(=O)/C(=C/c3cc(-c4ccccc4)n(C)n3)C[C@@H]12. The monoisotopic (exact) mass is 452 g/mol. The van der Waals surface area contributed by atoms with Gasteiger partial charge in [0.1, 0.15) is 5.75 Å². The Hall–Kier alpha value is -3.14. The lowest BCUT2D eigenvalue weighted by atomic mass is 9.55. The second-order valence-electron chi connectivity index (χ2n) is 10.6. The maximum Gasteiger partial charge on any atom is 0.165 e. The predicted molar refractivity (Wildman–Crippen MR) is 135 cm³/mol. The molecule has 0 spiro atoms. The number of allylic oxidation sites excluding steroid dienone is 1. The van der Waals surface area contributed by atoms with Crippen LogP contribution in [0.5, 0.6) is 5.75 Å². The highest BCUT2D eigenvalue weighted by Crippen LogP contribution is 2.60. The number of aromatic nitrogens is 2. The summed E-state index contributed by atoms with van der Waals surface area (Å²) in [5.74, 6) is 2.84. The van der Waals surface area contributed by atoms with Gasteiger partial charge in [0.2, 0.25) is 0 Å². The van der Waals surface area contributed by atoms with Gasteiger partial charge >= 0.3 is 0 Å². The molecule has 0 radical (unpaired) electrons. The van der Waals surface area contributed by atoms with Gasteiger partial charge in [-0.25, -0.2) is 0 Å². The summed E-state index contributed by atoms with van der Waals surface area (Å²) in [6.45, 7) is 2.23. The van der Waals surface area contributed by atoms with Gasteiger partial charge in [-0.2, -0.15) is 5.10 Å². The van der Waals surface area contributed by atoms with Crippen molar-refractivity contribution in [1.29, 1.82) is 0 Å². The van der Waals surface area contributed by atoms with E-state index in [2.05, 4.69) is 49.4 Å². The lowest BCUT2D eigenvalue weighted by molar-refractivity contribution is -0.127. The quantitative estimate of drug-likeness (QED) is 0.444. The van der Waals surface area contributed by atoms with E-state index in [4.69, 9.17) is 9.84 Å². The number of ether oxygens (including phenoxy) is 1. The summed E-state index contributed by atoms with van der Waals surface area (Å²) in [4.78, 5) is 13.7. The zero-order valence-corrected chi connectivity index (χ0v) is 20.3. The van der Waals surface area contributed by atoms with Crippen LogP contribution < -0.4 is 4.74 Å². The van der Waals surface area contributed by atoms with Crippen molar-refractivity contribution in [3.63, 3.8) is 0 Å². The molecule has 2 fully saturated rings. The number of Topliss-reactive ketones (excluding diaryl/α,β-unsaturated/α-hetero) is 1. The number of hydrogen-bond acceptors (Lipinski definition) is 3. The van der Waals surface area contributed by atoms with E-state index >= 15 is 0 Å². The molecule has 0 saturated heterocycles. The van der Waals surface area contributed by atoms with Crippen LogP contribution in [0.4, 0.5) is 0 Å². The van der Waals surface area contributed by atoms with Crippen LogP contribution in [0.2, 0.25) is 0 Å². The molecule has 3 aromatic rings. The summed E-state index contributed by atoms with van der Waals surface area (Å²) in [7, 11) is 3.71. The Kier molecular flexibility index (Phi) is 5.02. The molecule has 0 unspecified atom stereocenters. The molecule has 4 atom stereocenters. The topological polar surface area (TPSA) is 44.1 Å². The van der Waals surface area contributed by atoms with Gasteiger partial charge in [0.25, 0.3) is 0 Å². The second-order valence-corrected chi connectivity index (χ2v) is 10.6. The molecule has 0 amide bonds. The standard InChI is InChI=1S/C30H32N2O2/c1-30-14-13-25-24-12-10-23(34-3)16-20(24)9-11-26(25)27(30)17-21(29(30)33)15-22-18-28(32(2)31-22)19-7-5-4-6-8-19/h4-8,10,12,15-16,18,25-27H,9,11,13-14,17H2,1-3H3/b21-15+/t25-,26-,27+,30+/m1/s1. The van der Waals surface area contributed by atoms with Gasteiger partial charge in [-0.15, -0.1) is 0 Å². The van der Waals surface area contributed by atoms with E-state index in [-0.39, 0.29) is 5.41 Å². The lowest BCUT2D eigenvalue weighted by Gasteiger charge is -2.48. The van der Waals surface area contributed by atoms with E-state index in [0.717, 1.165) is 60.4 Å². The van der Waals surface area contributed by atoms with Crippen molar-refractivity contribution in [2.45, 2.75) is 44.9 Å². The Morgan fingerprint density at radius 1 is 1.12 bits per heavy atom. The van der Waals surface area contributed by atoms with Crippen LogP contribution in [0.15, 0.2) is 60.2 Å². The molecule has 3 aliphatic carbocycles. The number of methoxy groups -OCH3 is 1. The molecule has 0 N–H and O–H groups in total. The normalized spacial score (nSPS) is 29.0. The zero-order valence-electron chi connectivity index (χ0n) is 20.3. The third-order valence-corrected chi connectivity index (χ3v) is 8.86. The van der Waals surface area contributed by atoms with Gasteiger partial charge in [0.15, 0.2) is 5.78 Å². The van der Waals surface area contributed by atoms with Crippen molar-refractivity contribution >= 4 is 11.9 Å². The molecule has 4 heteroatoms. The molecule has 0 aliphatic heterocycles. The van der Waals surface area contributed by atoms with Crippen LogP contribution in [0.25, 0.3) is 17.3 Å². The van der Waals surface area contributed by atoms with E-state index in [1.165, 1.54) is 11.1 Å².